The van der Waals surface area contributed by atoms with E-state index >= 15 is 0 Å². The minimum atomic E-state index is -0.498. The minimum absolute atomic E-state index is 0.0495. The first kappa shape index (κ1) is 16.3. The number of methoxy groups -OCH3 is 1. The summed E-state index contributed by atoms with van der Waals surface area (Å²) >= 11 is 0. The molecule has 1 unspecified atom stereocenters. The van der Waals surface area contributed by atoms with Crippen LogP contribution in [-0.4, -0.2) is 31.9 Å². The molecule has 0 aliphatic heterocycles. The fourth-order valence-corrected chi connectivity index (χ4v) is 1.73. The average Bonchev–Trinajstić information content (AvgIpc) is 2.38. The first-order chi connectivity index (χ1) is 9.35. The van der Waals surface area contributed by atoms with Crippen LogP contribution in [0.1, 0.15) is 32.3 Å². The molecule has 0 fully saturated rings. The lowest BCUT2D eigenvalue weighted by molar-refractivity contribution is 0.0525. The number of amides is 1. The van der Waals surface area contributed by atoms with Crippen LogP contribution in [0, 0.1) is 0 Å². The maximum Gasteiger partial charge on any atom is 0.407 e. The van der Waals surface area contributed by atoms with Gasteiger partial charge in [0.15, 0.2) is 0 Å². The Bertz CT molecular complexity index is 424. The van der Waals surface area contributed by atoms with Gasteiger partial charge in [0, 0.05) is 19.0 Å². The average molecular weight is 280 g/mol. The predicted octanol–water partition coefficient (Wildman–Crippen LogP) is 2.26. The third-order valence-corrected chi connectivity index (χ3v) is 2.76. The van der Waals surface area contributed by atoms with Gasteiger partial charge in [0.25, 0.3) is 0 Å². The summed E-state index contributed by atoms with van der Waals surface area (Å²) in [6.45, 7) is 6.38. The van der Waals surface area contributed by atoms with Gasteiger partial charge in [-0.05, 0) is 38.5 Å². The summed E-state index contributed by atoms with van der Waals surface area (Å²) in [5, 5.41) is 2.74. The number of ether oxygens (including phenoxy) is 2. The molecule has 1 atom stereocenters. The molecule has 1 aromatic rings. The maximum absolute atomic E-state index is 11.6. The number of rotatable bonds is 5. The molecule has 1 amide bonds. The Hall–Kier alpha value is -1.75. The van der Waals surface area contributed by atoms with E-state index in [1.54, 1.807) is 7.11 Å². The lowest BCUT2D eigenvalue weighted by Crippen LogP contribution is -2.36. The van der Waals surface area contributed by atoms with E-state index in [1.807, 2.05) is 45.0 Å². The second-order valence-electron chi connectivity index (χ2n) is 5.59. The minimum Gasteiger partial charge on any atom is -0.497 e. The van der Waals surface area contributed by atoms with Crippen LogP contribution in [0.3, 0.4) is 0 Å². The zero-order chi connectivity index (χ0) is 15.2. The highest BCUT2D eigenvalue weighted by atomic mass is 16.6. The van der Waals surface area contributed by atoms with E-state index in [0.29, 0.717) is 13.1 Å². The normalized spacial score (nSPS) is 12.7. The molecule has 0 aromatic heterocycles. The maximum atomic E-state index is 11.6. The Balaban J connectivity index is 2.56. The van der Waals surface area contributed by atoms with Gasteiger partial charge in [0.1, 0.15) is 11.4 Å². The molecule has 112 valence electrons. The van der Waals surface area contributed by atoms with Gasteiger partial charge < -0.3 is 20.5 Å². The molecule has 5 nitrogen and oxygen atoms in total. The molecule has 3 N–H and O–H groups in total. The van der Waals surface area contributed by atoms with Crippen LogP contribution in [0.2, 0.25) is 0 Å². The molecule has 1 aromatic carbocycles. The van der Waals surface area contributed by atoms with Crippen LogP contribution in [0.4, 0.5) is 4.79 Å². The molecule has 1 rings (SSSR count). The van der Waals surface area contributed by atoms with Crippen LogP contribution in [0.15, 0.2) is 24.3 Å². The van der Waals surface area contributed by atoms with Crippen molar-refractivity contribution < 1.29 is 14.3 Å². The molecule has 0 aliphatic carbocycles. The Morgan fingerprint density at radius 3 is 2.35 bits per heavy atom. The standard InChI is InChI=1S/C15H24N2O3/c1-15(2,3)20-14(18)17-10-12(9-16)11-5-7-13(19-4)8-6-11/h5-8,12H,9-10,16H2,1-4H3,(H,17,18). The summed E-state index contributed by atoms with van der Waals surface area (Å²) in [4.78, 5) is 11.6. The van der Waals surface area contributed by atoms with Crippen molar-refractivity contribution in [1.82, 2.24) is 5.32 Å². The van der Waals surface area contributed by atoms with Gasteiger partial charge in [-0.2, -0.15) is 0 Å². The molecular weight excluding hydrogens is 256 g/mol. The molecular formula is C15H24N2O3. The molecule has 0 radical (unpaired) electrons. The van der Waals surface area contributed by atoms with Crippen molar-refractivity contribution in [3.05, 3.63) is 29.8 Å². The fourth-order valence-electron chi connectivity index (χ4n) is 1.73. The molecule has 0 spiro atoms. The van der Waals surface area contributed by atoms with Gasteiger partial charge in [-0.15, -0.1) is 0 Å². The Morgan fingerprint density at radius 2 is 1.90 bits per heavy atom. The third-order valence-electron chi connectivity index (χ3n) is 2.76. The zero-order valence-electron chi connectivity index (χ0n) is 12.6. The number of carbonyl (C=O) groups is 1. The van der Waals surface area contributed by atoms with Gasteiger partial charge >= 0.3 is 6.09 Å². The number of nitrogens with two attached hydrogens (primary N) is 1. The monoisotopic (exact) mass is 280 g/mol. The van der Waals surface area contributed by atoms with Crippen molar-refractivity contribution in [2.45, 2.75) is 32.3 Å². The lowest BCUT2D eigenvalue weighted by atomic mass is 9.99. The topological polar surface area (TPSA) is 73.6 Å². The van der Waals surface area contributed by atoms with Crippen molar-refractivity contribution >= 4 is 6.09 Å². The molecule has 0 aliphatic rings. The van der Waals surface area contributed by atoms with Crippen LogP contribution in [0.25, 0.3) is 0 Å². The van der Waals surface area contributed by atoms with Crippen LogP contribution >= 0.6 is 0 Å². The second-order valence-corrected chi connectivity index (χ2v) is 5.59. The van der Waals surface area contributed by atoms with Crippen LogP contribution in [0.5, 0.6) is 5.75 Å². The van der Waals surface area contributed by atoms with E-state index < -0.39 is 11.7 Å². The number of nitrogens with one attached hydrogen (secondary N) is 1. The van der Waals surface area contributed by atoms with Gasteiger partial charge in [0.2, 0.25) is 0 Å². The number of hydrogen-bond acceptors (Lipinski definition) is 4. The van der Waals surface area contributed by atoms with Crippen molar-refractivity contribution in [3.63, 3.8) is 0 Å². The summed E-state index contributed by atoms with van der Waals surface area (Å²) < 4.78 is 10.3. The van der Waals surface area contributed by atoms with E-state index in [9.17, 15) is 4.79 Å². The van der Waals surface area contributed by atoms with Gasteiger partial charge in [-0.3, -0.25) is 0 Å². The number of carbonyl (C=O) groups excluding carboxylic acids is 1. The number of alkyl carbamates (subject to hydrolysis) is 1. The van der Waals surface area contributed by atoms with Gasteiger partial charge in [-0.25, -0.2) is 4.79 Å². The van der Waals surface area contributed by atoms with Crippen molar-refractivity contribution in [2.24, 2.45) is 5.73 Å². The largest absolute Gasteiger partial charge is 0.497 e. The second kappa shape index (κ2) is 7.14. The number of hydrogen-bond donors (Lipinski definition) is 2. The quantitative estimate of drug-likeness (QED) is 0.867. The third kappa shape index (κ3) is 5.48. The van der Waals surface area contributed by atoms with E-state index in [1.165, 1.54) is 0 Å². The van der Waals surface area contributed by atoms with E-state index in [2.05, 4.69) is 5.32 Å². The summed E-state index contributed by atoms with van der Waals surface area (Å²) in [6.07, 6.45) is -0.426. The predicted molar refractivity (Wildman–Crippen MR) is 79.0 cm³/mol. The highest BCUT2D eigenvalue weighted by molar-refractivity contribution is 5.67. The van der Waals surface area contributed by atoms with E-state index in [4.69, 9.17) is 15.2 Å². The van der Waals surface area contributed by atoms with Crippen molar-refractivity contribution in [3.8, 4) is 5.75 Å². The highest BCUT2D eigenvalue weighted by Crippen LogP contribution is 2.18. The molecule has 0 saturated carbocycles. The van der Waals surface area contributed by atoms with Gasteiger partial charge in [0.05, 0.1) is 7.11 Å². The van der Waals surface area contributed by atoms with Crippen molar-refractivity contribution in [2.75, 3.05) is 20.2 Å². The van der Waals surface area contributed by atoms with Crippen LogP contribution < -0.4 is 15.8 Å². The van der Waals surface area contributed by atoms with Crippen molar-refractivity contribution in [1.29, 1.82) is 0 Å². The molecule has 20 heavy (non-hydrogen) atoms. The Morgan fingerprint density at radius 1 is 1.30 bits per heavy atom. The number of benzene rings is 1. The summed E-state index contributed by atoms with van der Waals surface area (Å²) in [5.74, 6) is 0.845. The smallest absolute Gasteiger partial charge is 0.407 e. The fraction of sp³-hybridized carbons (Fsp3) is 0.533. The highest BCUT2D eigenvalue weighted by Gasteiger charge is 2.17. The van der Waals surface area contributed by atoms with E-state index in [-0.39, 0.29) is 5.92 Å². The molecule has 0 heterocycles. The Kier molecular flexibility index (Phi) is 5.82. The lowest BCUT2D eigenvalue weighted by Gasteiger charge is -2.21. The Labute approximate surface area is 120 Å². The van der Waals surface area contributed by atoms with Gasteiger partial charge in [-0.1, -0.05) is 12.1 Å². The first-order valence-electron chi connectivity index (χ1n) is 6.66. The summed E-state index contributed by atoms with van der Waals surface area (Å²) in [6, 6.07) is 7.66. The summed E-state index contributed by atoms with van der Waals surface area (Å²) in [7, 11) is 1.62. The van der Waals surface area contributed by atoms with Crippen LogP contribution in [-0.2, 0) is 4.74 Å². The molecule has 0 bridgehead atoms. The first-order valence-corrected chi connectivity index (χ1v) is 6.66. The molecule has 0 saturated heterocycles. The molecule has 5 heteroatoms. The SMILES string of the molecule is COc1ccc(C(CN)CNC(=O)OC(C)(C)C)cc1. The summed E-state index contributed by atoms with van der Waals surface area (Å²) in [5.41, 5.74) is 6.33. The van der Waals surface area contributed by atoms with E-state index in [0.717, 1.165) is 11.3 Å². The zero-order valence-corrected chi connectivity index (χ0v) is 12.6.